The number of halogens is 3. The first-order valence-electron chi connectivity index (χ1n) is 10.3. The molecule has 0 spiro atoms. The van der Waals surface area contributed by atoms with Gasteiger partial charge in [-0.1, -0.05) is 18.2 Å². The van der Waals surface area contributed by atoms with Gasteiger partial charge in [-0.2, -0.15) is 13.2 Å². The number of hydrogen-bond donors (Lipinski definition) is 1. The lowest BCUT2D eigenvalue weighted by atomic mass is 10.0. The number of carbonyl (C=O) groups is 1. The molecule has 8 heteroatoms. The van der Waals surface area contributed by atoms with Crippen LogP contribution < -0.4 is 10.4 Å². The van der Waals surface area contributed by atoms with E-state index in [1.807, 2.05) is 48.3 Å². The molecule has 0 bridgehead atoms. The Balaban J connectivity index is 1.59. The number of aromatic nitrogens is 1. The van der Waals surface area contributed by atoms with Gasteiger partial charge < -0.3 is 10.2 Å². The average Bonchev–Trinajstić information content (AvgIpc) is 2.79. The minimum atomic E-state index is -4.39. The Morgan fingerprint density at radius 1 is 1.06 bits per heavy atom. The number of nitrogens with zero attached hydrogens (tertiary/aromatic N) is 3. The van der Waals surface area contributed by atoms with Gasteiger partial charge in [-0.15, -0.1) is 5.12 Å². The van der Waals surface area contributed by atoms with Crippen LogP contribution >= 0.6 is 0 Å². The molecule has 3 aromatic rings. The van der Waals surface area contributed by atoms with Gasteiger partial charge in [0.15, 0.2) is 0 Å². The van der Waals surface area contributed by atoms with Crippen molar-refractivity contribution in [3.63, 3.8) is 0 Å². The molecule has 2 heterocycles. The Bertz CT molecular complexity index is 1070. The van der Waals surface area contributed by atoms with Crippen molar-refractivity contribution in [3.8, 4) is 11.1 Å². The number of benzene rings is 2. The van der Waals surface area contributed by atoms with Gasteiger partial charge in [-0.25, -0.2) is 0 Å². The molecule has 1 aliphatic heterocycles. The SMILES string of the molecule is Cc1ncccc1-c1ccc(N2CCCC(C=O)N2Nc2ccc(C(F)(F)F)cc2)cc1. The number of hydrazine groups is 2. The highest BCUT2D eigenvalue weighted by Gasteiger charge is 2.31. The van der Waals surface area contributed by atoms with E-state index >= 15 is 0 Å². The molecule has 1 unspecified atom stereocenters. The largest absolute Gasteiger partial charge is 0.416 e. The minimum Gasteiger partial charge on any atom is -0.301 e. The molecule has 0 radical (unpaired) electrons. The second-order valence-corrected chi connectivity index (χ2v) is 7.68. The number of aryl methyl sites for hydroxylation is 1. The number of aldehydes is 1. The summed E-state index contributed by atoms with van der Waals surface area (Å²) in [4.78, 5) is 16.1. The summed E-state index contributed by atoms with van der Waals surface area (Å²) in [5.41, 5.74) is 6.76. The predicted molar refractivity (Wildman–Crippen MR) is 118 cm³/mol. The smallest absolute Gasteiger partial charge is 0.301 e. The number of alkyl halides is 3. The third-order valence-electron chi connectivity index (χ3n) is 5.54. The van der Waals surface area contributed by atoms with Gasteiger partial charge in [-0.3, -0.25) is 9.99 Å². The molecule has 0 saturated carbocycles. The van der Waals surface area contributed by atoms with E-state index in [4.69, 9.17) is 0 Å². The zero-order valence-electron chi connectivity index (χ0n) is 17.5. The van der Waals surface area contributed by atoms with Crippen molar-refractivity contribution in [2.24, 2.45) is 0 Å². The van der Waals surface area contributed by atoms with E-state index in [2.05, 4.69) is 10.4 Å². The molecule has 0 aliphatic carbocycles. The van der Waals surface area contributed by atoms with E-state index in [9.17, 15) is 18.0 Å². The van der Waals surface area contributed by atoms with Crippen LogP contribution in [0.15, 0.2) is 66.9 Å². The molecule has 1 fully saturated rings. The molecule has 1 aromatic heterocycles. The molecule has 4 rings (SSSR count). The van der Waals surface area contributed by atoms with Crippen molar-refractivity contribution in [2.75, 3.05) is 17.0 Å². The second-order valence-electron chi connectivity index (χ2n) is 7.68. The van der Waals surface area contributed by atoms with Crippen LogP contribution in [0.5, 0.6) is 0 Å². The Labute approximate surface area is 184 Å². The average molecular weight is 440 g/mol. The molecule has 1 N–H and O–H groups in total. The number of pyridine rings is 1. The zero-order valence-corrected chi connectivity index (χ0v) is 17.5. The third-order valence-corrected chi connectivity index (χ3v) is 5.54. The fraction of sp³-hybridized carbons (Fsp3) is 0.250. The van der Waals surface area contributed by atoms with Crippen molar-refractivity contribution < 1.29 is 18.0 Å². The van der Waals surface area contributed by atoms with Gasteiger partial charge in [0.05, 0.1) is 16.9 Å². The van der Waals surface area contributed by atoms with E-state index in [1.165, 1.54) is 12.1 Å². The van der Waals surface area contributed by atoms with Crippen LogP contribution in [0.2, 0.25) is 0 Å². The summed E-state index contributed by atoms with van der Waals surface area (Å²) >= 11 is 0. The number of nitrogens with one attached hydrogen (secondary N) is 1. The summed E-state index contributed by atoms with van der Waals surface area (Å²) in [7, 11) is 0. The number of hydrogen-bond acceptors (Lipinski definition) is 5. The van der Waals surface area contributed by atoms with Gasteiger partial charge in [0.25, 0.3) is 0 Å². The Kier molecular flexibility index (Phi) is 6.14. The molecule has 5 nitrogen and oxygen atoms in total. The molecule has 1 aliphatic rings. The maximum Gasteiger partial charge on any atom is 0.416 e. The van der Waals surface area contributed by atoms with Crippen molar-refractivity contribution in [2.45, 2.75) is 32.0 Å². The highest BCUT2D eigenvalue weighted by Crippen LogP contribution is 2.31. The molecular weight excluding hydrogens is 417 g/mol. The zero-order chi connectivity index (χ0) is 22.7. The van der Waals surface area contributed by atoms with Crippen LogP contribution in [-0.4, -0.2) is 29.0 Å². The fourth-order valence-electron chi connectivity index (χ4n) is 3.85. The second kappa shape index (κ2) is 9.00. The first-order valence-corrected chi connectivity index (χ1v) is 10.3. The number of rotatable bonds is 5. The van der Waals surface area contributed by atoms with Crippen LogP contribution in [0.1, 0.15) is 24.1 Å². The quantitative estimate of drug-likeness (QED) is 0.532. The Hall–Kier alpha value is -3.39. The molecule has 2 aromatic carbocycles. The third kappa shape index (κ3) is 4.60. The monoisotopic (exact) mass is 440 g/mol. The van der Waals surface area contributed by atoms with Gasteiger partial charge in [0.1, 0.15) is 12.3 Å². The maximum absolute atomic E-state index is 12.9. The number of carbonyl (C=O) groups excluding carboxylic acids is 1. The summed E-state index contributed by atoms with van der Waals surface area (Å²) in [5.74, 6) is 0. The summed E-state index contributed by atoms with van der Waals surface area (Å²) in [5, 5.41) is 3.64. The van der Waals surface area contributed by atoms with E-state index in [0.717, 1.165) is 47.3 Å². The lowest BCUT2D eigenvalue weighted by molar-refractivity contribution is -0.137. The Morgan fingerprint density at radius 3 is 2.41 bits per heavy atom. The van der Waals surface area contributed by atoms with E-state index in [1.54, 1.807) is 11.3 Å². The van der Waals surface area contributed by atoms with Crippen LogP contribution in [0.25, 0.3) is 11.1 Å². The van der Waals surface area contributed by atoms with Crippen LogP contribution in [-0.2, 0) is 11.0 Å². The molecule has 1 saturated heterocycles. The summed E-state index contributed by atoms with van der Waals surface area (Å²) in [6.07, 6.45) is -0.310. The van der Waals surface area contributed by atoms with Gasteiger partial charge >= 0.3 is 6.18 Å². The van der Waals surface area contributed by atoms with Crippen LogP contribution in [0, 0.1) is 6.92 Å². The van der Waals surface area contributed by atoms with Crippen molar-refractivity contribution in [1.82, 2.24) is 10.1 Å². The first-order chi connectivity index (χ1) is 15.4. The normalized spacial score (nSPS) is 17.2. The number of anilines is 2. The lowest BCUT2D eigenvalue weighted by Crippen LogP contribution is -2.56. The van der Waals surface area contributed by atoms with Crippen LogP contribution in [0.4, 0.5) is 24.5 Å². The highest BCUT2D eigenvalue weighted by molar-refractivity contribution is 5.68. The molecule has 1 atom stereocenters. The van der Waals surface area contributed by atoms with Crippen molar-refractivity contribution in [1.29, 1.82) is 0 Å². The topological polar surface area (TPSA) is 48.5 Å². The molecular formula is C24H23F3N4O. The minimum absolute atomic E-state index is 0.439. The molecule has 166 valence electrons. The summed E-state index contributed by atoms with van der Waals surface area (Å²) < 4.78 is 38.6. The first kappa shape index (κ1) is 21.8. The van der Waals surface area contributed by atoms with Gasteiger partial charge in [0, 0.05) is 24.0 Å². The molecule has 32 heavy (non-hydrogen) atoms. The van der Waals surface area contributed by atoms with E-state index in [-0.39, 0.29) is 0 Å². The predicted octanol–water partition coefficient (Wildman–Crippen LogP) is 5.49. The van der Waals surface area contributed by atoms with E-state index in [0.29, 0.717) is 18.7 Å². The van der Waals surface area contributed by atoms with E-state index < -0.39 is 17.8 Å². The standard InChI is InChI=1S/C24H23F3N4O/c1-17-23(5-2-14-28-17)18-6-12-21(13-7-18)30-15-3-4-22(16-32)31(30)29-20-10-8-19(9-11-20)24(25,26)27/h2,5-14,16,22,29H,3-4,15H2,1H3. The fourth-order valence-corrected chi connectivity index (χ4v) is 3.85. The summed E-state index contributed by atoms with van der Waals surface area (Å²) in [6, 6.07) is 16.2. The van der Waals surface area contributed by atoms with Crippen LogP contribution in [0.3, 0.4) is 0 Å². The molecule has 0 amide bonds. The maximum atomic E-state index is 12.9. The summed E-state index contributed by atoms with van der Waals surface area (Å²) in [6.45, 7) is 2.63. The van der Waals surface area contributed by atoms with Gasteiger partial charge in [0.2, 0.25) is 0 Å². The lowest BCUT2D eigenvalue weighted by Gasteiger charge is -2.43. The Morgan fingerprint density at radius 2 is 1.78 bits per heavy atom. The highest BCUT2D eigenvalue weighted by atomic mass is 19.4. The van der Waals surface area contributed by atoms with Gasteiger partial charge in [-0.05, 0) is 67.8 Å². The van der Waals surface area contributed by atoms with Crippen molar-refractivity contribution in [3.05, 3.63) is 78.1 Å². The van der Waals surface area contributed by atoms with Crippen molar-refractivity contribution >= 4 is 17.7 Å².